The predicted molar refractivity (Wildman–Crippen MR) is 49.9 cm³/mol. The molecule has 0 bridgehead atoms. The van der Waals surface area contributed by atoms with E-state index in [1.807, 2.05) is 0 Å². The fourth-order valence-corrected chi connectivity index (χ4v) is 2.15. The largest absolute Gasteiger partial charge is 0.481 e. The number of nitrogens with zero attached hydrogens (tertiary/aromatic N) is 1. The number of rotatable bonds is 3. The summed E-state index contributed by atoms with van der Waals surface area (Å²) in [7, 11) is 0. The summed E-state index contributed by atoms with van der Waals surface area (Å²) in [4.78, 5) is 34.8. The Morgan fingerprint density at radius 1 is 1.27 bits per heavy atom. The molecule has 2 fully saturated rings. The normalized spacial score (nSPS) is 24.1. The number of carbonyl (C=O) groups excluding carboxylic acids is 2. The van der Waals surface area contributed by atoms with Crippen molar-refractivity contribution in [2.24, 2.45) is 5.41 Å². The third-order valence-electron chi connectivity index (χ3n) is 3.38. The summed E-state index contributed by atoms with van der Waals surface area (Å²) in [6.07, 6.45) is 2.46. The minimum Gasteiger partial charge on any atom is -0.481 e. The monoisotopic (exact) mass is 211 g/mol. The Balaban J connectivity index is 2.10. The molecule has 5 nitrogen and oxygen atoms in total. The molecular formula is C10H13NO4. The summed E-state index contributed by atoms with van der Waals surface area (Å²) in [6, 6.07) is 0. The first-order valence-corrected chi connectivity index (χ1v) is 5.12. The fraction of sp³-hybridized carbons (Fsp3) is 0.700. The number of carboxylic acids is 1. The number of hydrogen-bond donors (Lipinski definition) is 1. The minimum absolute atomic E-state index is 0.0694. The van der Waals surface area contributed by atoms with E-state index in [1.54, 1.807) is 0 Å². The molecule has 1 saturated carbocycles. The van der Waals surface area contributed by atoms with E-state index in [1.165, 1.54) is 0 Å². The summed E-state index contributed by atoms with van der Waals surface area (Å²) < 4.78 is 0. The molecule has 0 aromatic carbocycles. The quantitative estimate of drug-likeness (QED) is 0.685. The first-order valence-electron chi connectivity index (χ1n) is 5.12. The highest BCUT2D eigenvalue weighted by molar-refractivity contribution is 6.02. The van der Waals surface area contributed by atoms with Crippen LogP contribution in [0.2, 0.25) is 0 Å². The lowest BCUT2D eigenvalue weighted by Crippen LogP contribution is -2.49. The lowest BCUT2D eigenvalue weighted by Gasteiger charge is -2.39. The molecule has 0 aromatic heterocycles. The molecule has 2 aliphatic rings. The Morgan fingerprint density at radius 2 is 1.80 bits per heavy atom. The summed E-state index contributed by atoms with van der Waals surface area (Å²) in [5.74, 6) is -1.35. The first-order chi connectivity index (χ1) is 7.05. The van der Waals surface area contributed by atoms with Crippen molar-refractivity contribution < 1.29 is 19.5 Å². The number of carbonyl (C=O) groups is 3. The van der Waals surface area contributed by atoms with Crippen LogP contribution in [0.1, 0.15) is 32.1 Å². The molecule has 1 aliphatic heterocycles. The predicted octanol–water partition coefficient (Wildman–Crippen LogP) is 0.390. The average molecular weight is 211 g/mol. The third kappa shape index (κ3) is 1.52. The van der Waals surface area contributed by atoms with Gasteiger partial charge in [0.25, 0.3) is 0 Å². The van der Waals surface area contributed by atoms with E-state index >= 15 is 0 Å². The zero-order chi connectivity index (χ0) is 11.1. The van der Waals surface area contributed by atoms with Gasteiger partial charge in [-0.1, -0.05) is 6.42 Å². The van der Waals surface area contributed by atoms with Crippen molar-refractivity contribution in [3.05, 3.63) is 0 Å². The van der Waals surface area contributed by atoms with E-state index in [2.05, 4.69) is 0 Å². The maximum absolute atomic E-state index is 11.3. The van der Waals surface area contributed by atoms with Gasteiger partial charge in [-0.25, -0.2) is 0 Å². The number of carboxylic acid groups (broad SMARTS) is 1. The third-order valence-corrected chi connectivity index (χ3v) is 3.38. The molecule has 0 spiro atoms. The van der Waals surface area contributed by atoms with Gasteiger partial charge in [0.1, 0.15) is 0 Å². The highest BCUT2D eigenvalue weighted by Gasteiger charge is 2.48. The standard InChI is InChI=1S/C10H13NO4/c12-7-2-3-8(13)11(7)6-10(9(14)15)4-1-5-10/h1-6H2,(H,14,15). The van der Waals surface area contributed by atoms with Crippen molar-refractivity contribution in [3.8, 4) is 0 Å². The topological polar surface area (TPSA) is 74.7 Å². The van der Waals surface area contributed by atoms with E-state index < -0.39 is 11.4 Å². The van der Waals surface area contributed by atoms with Gasteiger partial charge in [-0.15, -0.1) is 0 Å². The maximum Gasteiger partial charge on any atom is 0.311 e. The molecule has 2 rings (SSSR count). The Bertz CT molecular complexity index is 316. The van der Waals surface area contributed by atoms with Crippen molar-refractivity contribution in [1.29, 1.82) is 0 Å². The molecule has 15 heavy (non-hydrogen) atoms. The number of likely N-dealkylation sites (tertiary alicyclic amines) is 1. The van der Waals surface area contributed by atoms with E-state index in [9.17, 15) is 14.4 Å². The first kappa shape index (κ1) is 10.1. The van der Waals surface area contributed by atoms with Crippen LogP contribution < -0.4 is 0 Å². The summed E-state index contributed by atoms with van der Waals surface area (Å²) in [5, 5.41) is 9.07. The van der Waals surface area contributed by atoms with Crippen molar-refractivity contribution in [2.45, 2.75) is 32.1 Å². The number of amides is 2. The second-order valence-electron chi connectivity index (χ2n) is 4.31. The number of aliphatic carboxylic acids is 1. The van der Waals surface area contributed by atoms with E-state index in [0.717, 1.165) is 11.3 Å². The van der Waals surface area contributed by atoms with E-state index in [4.69, 9.17) is 5.11 Å². The molecule has 5 heteroatoms. The van der Waals surface area contributed by atoms with E-state index in [-0.39, 0.29) is 31.2 Å². The molecule has 0 aromatic rings. The minimum atomic E-state index is -0.888. The van der Waals surface area contributed by atoms with Gasteiger partial charge in [0.2, 0.25) is 11.8 Å². The number of hydrogen-bond acceptors (Lipinski definition) is 3. The van der Waals surface area contributed by atoms with Crippen LogP contribution in [0.15, 0.2) is 0 Å². The van der Waals surface area contributed by atoms with Crippen LogP contribution >= 0.6 is 0 Å². The van der Waals surface area contributed by atoms with Crippen LogP contribution in [-0.4, -0.2) is 34.3 Å². The van der Waals surface area contributed by atoms with Crippen LogP contribution in [0.4, 0.5) is 0 Å². The summed E-state index contributed by atoms with van der Waals surface area (Å²) in [6.45, 7) is 0.0694. The molecular weight excluding hydrogens is 198 g/mol. The van der Waals surface area contributed by atoms with Gasteiger partial charge in [-0.2, -0.15) is 0 Å². The summed E-state index contributed by atoms with van der Waals surface area (Å²) in [5.41, 5.74) is -0.852. The van der Waals surface area contributed by atoms with Crippen molar-refractivity contribution in [2.75, 3.05) is 6.54 Å². The molecule has 1 saturated heterocycles. The van der Waals surface area contributed by atoms with Crippen LogP contribution in [0.25, 0.3) is 0 Å². The fourth-order valence-electron chi connectivity index (χ4n) is 2.15. The lowest BCUT2D eigenvalue weighted by atomic mass is 9.68. The Labute approximate surface area is 87.1 Å². The van der Waals surface area contributed by atoms with Gasteiger partial charge in [0.05, 0.1) is 5.41 Å². The smallest absolute Gasteiger partial charge is 0.311 e. The highest BCUT2D eigenvalue weighted by Crippen LogP contribution is 2.42. The molecule has 1 aliphatic carbocycles. The van der Waals surface area contributed by atoms with Gasteiger partial charge in [0.15, 0.2) is 0 Å². The van der Waals surface area contributed by atoms with Gasteiger partial charge in [-0.05, 0) is 12.8 Å². The van der Waals surface area contributed by atoms with Crippen molar-refractivity contribution >= 4 is 17.8 Å². The van der Waals surface area contributed by atoms with Crippen molar-refractivity contribution in [3.63, 3.8) is 0 Å². The molecule has 0 atom stereocenters. The van der Waals surface area contributed by atoms with Gasteiger partial charge >= 0.3 is 5.97 Å². The molecule has 0 radical (unpaired) electrons. The second kappa shape index (κ2) is 3.32. The van der Waals surface area contributed by atoms with Gasteiger partial charge in [0, 0.05) is 19.4 Å². The van der Waals surface area contributed by atoms with Gasteiger partial charge < -0.3 is 5.11 Å². The number of imide groups is 1. The Kier molecular flexibility index (Phi) is 2.25. The Hall–Kier alpha value is -1.39. The SMILES string of the molecule is O=C1CCC(=O)N1CC1(C(=O)O)CCC1. The molecule has 2 amide bonds. The molecule has 1 N–H and O–H groups in total. The highest BCUT2D eigenvalue weighted by atomic mass is 16.4. The Morgan fingerprint density at radius 3 is 2.13 bits per heavy atom. The van der Waals surface area contributed by atoms with Crippen LogP contribution in [0.3, 0.4) is 0 Å². The molecule has 1 heterocycles. The zero-order valence-corrected chi connectivity index (χ0v) is 8.36. The van der Waals surface area contributed by atoms with Crippen LogP contribution in [0, 0.1) is 5.41 Å². The second-order valence-corrected chi connectivity index (χ2v) is 4.31. The molecule has 82 valence electrons. The van der Waals surface area contributed by atoms with Crippen LogP contribution in [0.5, 0.6) is 0 Å². The lowest BCUT2D eigenvalue weighted by molar-refractivity contribution is -0.158. The van der Waals surface area contributed by atoms with Gasteiger partial charge in [-0.3, -0.25) is 19.3 Å². The van der Waals surface area contributed by atoms with Crippen LogP contribution in [-0.2, 0) is 14.4 Å². The van der Waals surface area contributed by atoms with E-state index in [0.29, 0.717) is 12.8 Å². The maximum atomic E-state index is 11.3. The zero-order valence-electron chi connectivity index (χ0n) is 8.36. The average Bonchev–Trinajstić information content (AvgIpc) is 2.40. The molecule has 0 unspecified atom stereocenters. The summed E-state index contributed by atoms with van der Waals surface area (Å²) >= 11 is 0. The van der Waals surface area contributed by atoms with Crippen molar-refractivity contribution in [1.82, 2.24) is 4.90 Å².